The average molecular weight is 340 g/mol. The van der Waals surface area contributed by atoms with Crippen LogP contribution < -0.4 is 9.74 Å². The van der Waals surface area contributed by atoms with Crippen molar-refractivity contribution in [3.8, 4) is 5.75 Å². The van der Waals surface area contributed by atoms with E-state index in [2.05, 4.69) is 87.7 Å². The Kier molecular flexibility index (Phi) is 4.58. The van der Waals surface area contributed by atoms with Crippen LogP contribution in [0.3, 0.4) is 0 Å². The van der Waals surface area contributed by atoms with Crippen LogP contribution in [0, 0.1) is 0 Å². The number of benzene rings is 2. The van der Waals surface area contributed by atoms with Gasteiger partial charge in [-0.2, -0.15) is 0 Å². The maximum absolute atomic E-state index is 6.40. The van der Waals surface area contributed by atoms with Gasteiger partial charge in [0, 0.05) is 6.54 Å². The van der Waals surface area contributed by atoms with Crippen molar-refractivity contribution in [1.29, 1.82) is 0 Å². The molecule has 3 heteroatoms. The number of hydrogen-bond donors (Lipinski definition) is 1. The molecule has 2 nitrogen and oxygen atoms in total. The van der Waals surface area contributed by atoms with E-state index in [9.17, 15) is 0 Å². The van der Waals surface area contributed by atoms with Gasteiger partial charge in [-0.1, -0.05) is 57.2 Å². The van der Waals surface area contributed by atoms with Crippen LogP contribution in [0.5, 0.6) is 5.75 Å². The molecule has 3 rings (SSSR count). The SMILES string of the molecule is CC(C)(C)[Si](C)(C)Oc1ccc([C@@H]2NCCc3ccccc32)cc1. The van der Waals surface area contributed by atoms with Gasteiger partial charge < -0.3 is 9.74 Å². The van der Waals surface area contributed by atoms with E-state index >= 15 is 0 Å². The molecule has 1 aliphatic heterocycles. The second kappa shape index (κ2) is 6.38. The van der Waals surface area contributed by atoms with Gasteiger partial charge in [0.25, 0.3) is 0 Å². The van der Waals surface area contributed by atoms with Crippen molar-refractivity contribution in [3.63, 3.8) is 0 Å². The largest absolute Gasteiger partial charge is 0.544 e. The lowest BCUT2D eigenvalue weighted by Gasteiger charge is -2.36. The summed E-state index contributed by atoms with van der Waals surface area (Å²) in [6.45, 7) is 12.4. The van der Waals surface area contributed by atoms with E-state index in [1.54, 1.807) is 0 Å². The topological polar surface area (TPSA) is 21.3 Å². The van der Waals surface area contributed by atoms with Gasteiger partial charge in [-0.05, 0) is 53.4 Å². The van der Waals surface area contributed by atoms with Crippen LogP contribution in [-0.2, 0) is 6.42 Å². The fourth-order valence-corrected chi connectivity index (χ4v) is 4.01. The number of fused-ring (bicyclic) bond motifs is 1. The molecule has 0 aliphatic carbocycles. The molecule has 0 fully saturated rings. The first kappa shape index (κ1) is 17.2. The highest BCUT2D eigenvalue weighted by Crippen LogP contribution is 2.38. The molecule has 2 aromatic rings. The molecular formula is C21H29NOSi. The third-order valence-electron chi connectivity index (χ3n) is 5.50. The molecule has 0 radical (unpaired) electrons. The van der Waals surface area contributed by atoms with Crippen LogP contribution in [0.25, 0.3) is 0 Å². The molecule has 0 amide bonds. The van der Waals surface area contributed by atoms with E-state index in [-0.39, 0.29) is 11.1 Å². The molecule has 1 atom stereocenters. The summed E-state index contributed by atoms with van der Waals surface area (Å²) in [6, 6.07) is 17.7. The monoisotopic (exact) mass is 339 g/mol. The summed E-state index contributed by atoms with van der Waals surface area (Å²) in [7, 11) is -1.78. The molecule has 1 N–H and O–H groups in total. The minimum Gasteiger partial charge on any atom is -0.544 e. The van der Waals surface area contributed by atoms with Gasteiger partial charge in [0.2, 0.25) is 8.32 Å². The Balaban J connectivity index is 1.81. The smallest absolute Gasteiger partial charge is 0.250 e. The van der Waals surface area contributed by atoms with Crippen molar-refractivity contribution in [3.05, 3.63) is 65.2 Å². The average Bonchev–Trinajstić information content (AvgIpc) is 2.54. The van der Waals surface area contributed by atoms with Crippen LogP contribution in [0.1, 0.15) is 43.5 Å². The quantitative estimate of drug-likeness (QED) is 0.766. The van der Waals surface area contributed by atoms with Crippen LogP contribution in [-0.4, -0.2) is 14.9 Å². The highest BCUT2D eigenvalue weighted by molar-refractivity contribution is 6.74. The van der Waals surface area contributed by atoms with Gasteiger partial charge in [0.05, 0.1) is 6.04 Å². The zero-order chi connectivity index (χ0) is 17.4. The van der Waals surface area contributed by atoms with E-state index in [0.717, 1.165) is 18.7 Å². The van der Waals surface area contributed by atoms with Gasteiger partial charge in [0.1, 0.15) is 5.75 Å². The van der Waals surface area contributed by atoms with Crippen molar-refractivity contribution >= 4 is 8.32 Å². The molecule has 0 saturated carbocycles. The Morgan fingerprint density at radius 1 is 1.00 bits per heavy atom. The van der Waals surface area contributed by atoms with Crippen molar-refractivity contribution in [1.82, 2.24) is 5.32 Å². The standard InChI is InChI=1S/C21H29NOSi/c1-21(2,3)24(4,5)23-18-12-10-17(11-13-18)20-19-9-7-6-8-16(19)14-15-22-20/h6-13,20,22H,14-15H2,1-5H3/t20-/m0/s1. The minimum absolute atomic E-state index is 0.218. The Hall–Kier alpha value is -1.58. The van der Waals surface area contributed by atoms with E-state index in [0.29, 0.717) is 0 Å². The lowest BCUT2D eigenvalue weighted by molar-refractivity contribution is 0.491. The van der Waals surface area contributed by atoms with Crippen LogP contribution in [0.2, 0.25) is 18.1 Å². The number of nitrogens with one attached hydrogen (secondary N) is 1. The second-order valence-electron chi connectivity index (χ2n) is 8.27. The molecule has 24 heavy (non-hydrogen) atoms. The lowest BCUT2D eigenvalue weighted by Crippen LogP contribution is -2.43. The molecule has 0 aromatic heterocycles. The van der Waals surface area contributed by atoms with E-state index < -0.39 is 8.32 Å². The summed E-state index contributed by atoms with van der Waals surface area (Å²) in [5.41, 5.74) is 4.18. The van der Waals surface area contributed by atoms with E-state index in [1.165, 1.54) is 16.7 Å². The molecule has 0 spiro atoms. The molecule has 1 aliphatic rings. The van der Waals surface area contributed by atoms with Gasteiger partial charge in [-0.15, -0.1) is 0 Å². The zero-order valence-electron chi connectivity index (χ0n) is 15.5. The first-order valence-corrected chi connectivity index (χ1v) is 11.8. The maximum Gasteiger partial charge on any atom is 0.250 e. The van der Waals surface area contributed by atoms with Gasteiger partial charge >= 0.3 is 0 Å². The van der Waals surface area contributed by atoms with Crippen molar-refractivity contribution in [2.45, 2.75) is 51.4 Å². The number of rotatable bonds is 3. The summed E-state index contributed by atoms with van der Waals surface area (Å²) in [5, 5.41) is 3.87. The molecule has 0 bridgehead atoms. The van der Waals surface area contributed by atoms with Gasteiger partial charge in [-0.3, -0.25) is 0 Å². The van der Waals surface area contributed by atoms with Crippen molar-refractivity contribution in [2.75, 3.05) is 6.54 Å². The molecule has 2 aromatic carbocycles. The fraction of sp³-hybridized carbons (Fsp3) is 0.429. The molecule has 1 heterocycles. The molecular weight excluding hydrogens is 310 g/mol. The summed E-state index contributed by atoms with van der Waals surface area (Å²) >= 11 is 0. The summed E-state index contributed by atoms with van der Waals surface area (Å²) in [4.78, 5) is 0. The maximum atomic E-state index is 6.40. The summed E-state index contributed by atoms with van der Waals surface area (Å²) in [6.07, 6.45) is 1.11. The fourth-order valence-electron chi connectivity index (χ4n) is 2.98. The number of hydrogen-bond acceptors (Lipinski definition) is 2. The van der Waals surface area contributed by atoms with E-state index in [1.807, 2.05) is 0 Å². The van der Waals surface area contributed by atoms with Gasteiger partial charge in [0.15, 0.2) is 0 Å². The lowest BCUT2D eigenvalue weighted by atomic mass is 9.90. The van der Waals surface area contributed by atoms with Crippen molar-refractivity contribution in [2.24, 2.45) is 0 Å². The van der Waals surface area contributed by atoms with E-state index in [4.69, 9.17) is 4.43 Å². The third kappa shape index (κ3) is 3.42. The minimum atomic E-state index is -1.78. The second-order valence-corrected chi connectivity index (χ2v) is 13.0. The summed E-state index contributed by atoms with van der Waals surface area (Å²) in [5.74, 6) is 0.995. The Morgan fingerprint density at radius 2 is 1.67 bits per heavy atom. The summed E-state index contributed by atoms with van der Waals surface area (Å²) < 4.78 is 6.40. The third-order valence-corrected chi connectivity index (χ3v) is 9.86. The highest BCUT2D eigenvalue weighted by Gasteiger charge is 2.38. The predicted molar refractivity (Wildman–Crippen MR) is 104 cm³/mol. The highest BCUT2D eigenvalue weighted by atomic mass is 28.4. The molecule has 0 unspecified atom stereocenters. The van der Waals surface area contributed by atoms with Crippen LogP contribution >= 0.6 is 0 Å². The molecule has 128 valence electrons. The van der Waals surface area contributed by atoms with Crippen molar-refractivity contribution < 1.29 is 4.43 Å². The van der Waals surface area contributed by atoms with Crippen LogP contribution in [0.4, 0.5) is 0 Å². The Morgan fingerprint density at radius 3 is 2.33 bits per heavy atom. The van der Waals surface area contributed by atoms with Gasteiger partial charge in [-0.25, -0.2) is 0 Å². The first-order valence-electron chi connectivity index (χ1n) is 8.88. The Bertz CT molecular complexity index is 701. The predicted octanol–water partition coefficient (Wildman–Crippen LogP) is 5.31. The Labute approximate surface area is 147 Å². The zero-order valence-corrected chi connectivity index (χ0v) is 16.5. The normalized spacial score (nSPS) is 18.1. The first-order chi connectivity index (χ1) is 11.3. The molecule has 0 saturated heterocycles. The van der Waals surface area contributed by atoms with Crippen LogP contribution in [0.15, 0.2) is 48.5 Å².